The smallest absolute Gasteiger partial charge is 0.169 e. The van der Waals surface area contributed by atoms with Gasteiger partial charge in [-0.2, -0.15) is 10.4 Å². The fourth-order valence-electron chi connectivity index (χ4n) is 1.77. The lowest BCUT2D eigenvalue weighted by Gasteiger charge is -2.32. The second-order valence-electron chi connectivity index (χ2n) is 3.68. The van der Waals surface area contributed by atoms with E-state index in [1.165, 1.54) is 0 Å². The van der Waals surface area contributed by atoms with Crippen LogP contribution in [-0.2, 0) is 0 Å². The molecule has 5 heteroatoms. The molecule has 1 saturated heterocycles. The summed E-state index contributed by atoms with van der Waals surface area (Å²) in [6.07, 6.45) is 1.55. The van der Waals surface area contributed by atoms with Crippen LogP contribution in [0.2, 0.25) is 0 Å². The maximum absolute atomic E-state index is 8.95. The first-order valence-corrected chi connectivity index (χ1v) is 5.01. The van der Waals surface area contributed by atoms with Crippen molar-refractivity contribution < 1.29 is 0 Å². The van der Waals surface area contributed by atoms with Gasteiger partial charge in [0.15, 0.2) is 5.82 Å². The number of nitrogens with zero attached hydrogens (tertiary/aromatic N) is 4. The van der Waals surface area contributed by atoms with E-state index in [-0.39, 0.29) is 0 Å². The van der Waals surface area contributed by atoms with Gasteiger partial charge in [0.1, 0.15) is 6.07 Å². The molecule has 1 atom stereocenters. The molecule has 0 amide bonds. The highest BCUT2D eigenvalue weighted by Gasteiger charge is 2.19. The first-order valence-electron chi connectivity index (χ1n) is 5.01. The van der Waals surface area contributed by atoms with E-state index < -0.39 is 0 Å². The minimum atomic E-state index is 0.423. The van der Waals surface area contributed by atoms with E-state index in [1.54, 1.807) is 12.3 Å². The van der Waals surface area contributed by atoms with Crippen LogP contribution in [0.3, 0.4) is 0 Å². The van der Waals surface area contributed by atoms with Crippen molar-refractivity contribution in [2.45, 2.75) is 13.0 Å². The second kappa shape index (κ2) is 4.24. The first kappa shape index (κ1) is 9.87. The largest absolute Gasteiger partial charge is 0.351 e. The fraction of sp³-hybridized carbons (Fsp3) is 0.500. The molecule has 0 aliphatic carbocycles. The molecule has 2 rings (SSSR count). The summed E-state index contributed by atoms with van der Waals surface area (Å²) in [6, 6.07) is 4.27. The third-order valence-electron chi connectivity index (χ3n) is 2.49. The monoisotopic (exact) mass is 203 g/mol. The van der Waals surface area contributed by atoms with E-state index >= 15 is 0 Å². The standard InChI is InChI=1S/C10H13N5/c1-8-7-15(5-4-12-8)10-9(6-11)2-3-13-14-10/h2-3,8,12H,4-5,7H2,1H3/t8-/m0/s1. The topological polar surface area (TPSA) is 64.8 Å². The van der Waals surface area contributed by atoms with Crippen LogP contribution in [0, 0.1) is 11.3 Å². The molecule has 1 aliphatic rings. The van der Waals surface area contributed by atoms with Crippen molar-refractivity contribution in [3.8, 4) is 6.07 Å². The number of hydrogen-bond acceptors (Lipinski definition) is 5. The molecule has 0 unspecified atom stereocenters. The van der Waals surface area contributed by atoms with Crippen LogP contribution in [0.15, 0.2) is 12.3 Å². The van der Waals surface area contributed by atoms with Gasteiger partial charge in [0.05, 0.1) is 11.8 Å². The van der Waals surface area contributed by atoms with E-state index in [0.717, 1.165) is 19.6 Å². The summed E-state index contributed by atoms with van der Waals surface area (Å²) in [7, 11) is 0. The van der Waals surface area contributed by atoms with Crippen molar-refractivity contribution in [1.82, 2.24) is 15.5 Å². The van der Waals surface area contributed by atoms with E-state index in [9.17, 15) is 0 Å². The number of anilines is 1. The highest BCUT2D eigenvalue weighted by Crippen LogP contribution is 2.16. The van der Waals surface area contributed by atoms with E-state index in [4.69, 9.17) is 5.26 Å². The zero-order valence-electron chi connectivity index (χ0n) is 8.64. The van der Waals surface area contributed by atoms with Gasteiger partial charge in [-0.3, -0.25) is 0 Å². The Hall–Kier alpha value is -1.67. The molecule has 0 aromatic carbocycles. The van der Waals surface area contributed by atoms with Crippen molar-refractivity contribution in [3.05, 3.63) is 17.8 Å². The second-order valence-corrected chi connectivity index (χ2v) is 3.68. The number of nitriles is 1. The van der Waals surface area contributed by atoms with Gasteiger partial charge >= 0.3 is 0 Å². The number of hydrogen-bond donors (Lipinski definition) is 1. The van der Waals surface area contributed by atoms with Gasteiger partial charge in [0.25, 0.3) is 0 Å². The highest BCUT2D eigenvalue weighted by atomic mass is 15.3. The van der Waals surface area contributed by atoms with Crippen molar-refractivity contribution >= 4 is 5.82 Å². The van der Waals surface area contributed by atoms with E-state index in [1.807, 2.05) is 0 Å². The van der Waals surface area contributed by atoms with Crippen LogP contribution in [-0.4, -0.2) is 35.9 Å². The van der Waals surface area contributed by atoms with Crippen LogP contribution in [0.1, 0.15) is 12.5 Å². The molecule has 1 aromatic heterocycles. The van der Waals surface area contributed by atoms with Crippen LogP contribution in [0.5, 0.6) is 0 Å². The number of rotatable bonds is 1. The fourth-order valence-corrected chi connectivity index (χ4v) is 1.77. The average molecular weight is 203 g/mol. The summed E-state index contributed by atoms with van der Waals surface area (Å²) >= 11 is 0. The maximum Gasteiger partial charge on any atom is 0.169 e. The third-order valence-corrected chi connectivity index (χ3v) is 2.49. The quantitative estimate of drug-likeness (QED) is 0.703. The molecule has 1 N–H and O–H groups in total. The summed E-state index contributed by atoms with van der Waals surface area (Å²) in [6.45, 7) is 4.78. The number of piperazine rings is 1. The maximum atomic E-state index is 8.95. The van der Waals surface area contributed by atoms with Crippen molar-refractivity contribution in [2.75, 3.05) is 24.5 Å². The van der Waals surface area contributed by atoms with Gasteiger partial charge in [0.2, 0.25) is 0 Å². The van der Waals surface area contributed by atoms with Crippen LogP contribution in [0.25, 0.3) is 0 Å². The predicted molar refractivity (Wildman–Crippen MR) is 56.4 cm³/mol. The van der Waals surface area contributed by atoms with Crippen LogP contribution in [0.4, 0.5) is 5.82 Å². The molecule has 1 aliphatic heterocycles. The summed E-state index contributed by atoms with van der Waals surface area (Å²) in [5, 5.41) is 20.2. The lowest BCUT2D eigenvalue weighted by atomic mass is 10.2. The zero-order chi connectivity index (χ0) is 10.7. The SMILES string of the molecule is C[C@H]1CN(c2nnccc2C#N)CCN1. The lowest BCUT2D eigenvalue weighted by molar-refractivity contribution is 0.481. The molecule has 0 radical (unpaired) electrons. The van der Waals surface area contributed by atoms with Gasteiger partial charge in [-0.25, -0.2) is 0 Å². The molecular weight excluding hydrogens is 190 g/mol. The van der Waals surface area contributed by atoms with Gasteiger partial charge in [-0.05, 0) is 13.0 Å². The Labute approximate surface area is 88.7 Å². The molecular formula is C10H13N5. The molecule has 0 saturated carbocycles. The Morgan fingerprint density at radius 3 is 3.27 bits per heavy atom. The normalized spacial score (nSPS) is 21.1. The number of aromatic nitrogens is 2. The molecule has 2 heterocycles. The van der Waals surface area contributed by atoms with E-state index in [0.29, 0.717) is 17.4 Å². The molecule has 1 fully saturated rings. The predicted octanol–water partition coefficient (Wildman–Crippen LogP) is 0.146. The molecule has 15 heavy (non-hydrogen) atoms. The highest BCUT2D eigenvalue weighted by molar-refractivity contribution is 5.52. The van der Waals surface area contributed by atoms with Crippen LogP contribution >= 0.6 is 0 Å². The Morgan fingerprint density at radius 1 is 1.67 bits per heavy atom. The molecule has 5 nitrogen and oxygen atoms in total. The molecule has 1 aromatic rings. The summed E-state index contributed by atoms with van der Waals surface area (Å²) in [5.41, 5.74) is 0.596. The Bertz CT molecular complexity index is 384. The van der Waals surface area contributed by atoms with Crippen molar-refractivity contribution in [1.29, 1.82) is 5.26 Å². The molecule has 0 bridgehead atoms. The Kier molecular flexibility index (Phi) is 2.79. The Balaban J connectivity index is 2.25. The molecule has 0 spiro atoms. The average Bonchev–Trinajstić information content (AvgIpc) is 2.29. The summed E-state index contributed by atoms with van der Waals surface area (Å²) < 4.78 is 0. The number of nitrogens with one attached hydrogen (secondary N) is 1. The third kappa shape index (κ3) is 2.05. The van der Waals surface area contributed by atoms with Crippen molar-refractivity contribution in [2.24, 2.45) is 0 Å². The summed E-state index contributed by atoms with van der Waals surface area (Å²) in [5.74, 6) is 0.702. The van der Waals surface area contributed by atoms with Gasteiger partial charge in [-0.15, -0.1) is 5.10 Å². The van der Waals surface area contributed by atoms with Gasteiger partial charge in [-0.1, -0.05) is 0 Å². The van der Waals surface area contributed by atoms with Crippen molar-refractivity contribution in [3.63, 3.8) is 0 Å². The summed E-state index contributed by atoms with van der Waals surface area (Å²) in [4.78, 5) is 2.10. The Morgan fingerprint density at radius 2 is 2.53 bits per heavy atom. The minimum absolute atomic E-state index is 0.423. The molecule has 78 valence electrons. The van der Waals surface area contributed by atoms with E-state index in [2.05, 4.69) is 33.4 Å². The minimum Gasteiger partial charge on any atom is -0.351 e. The van der Waals surface area contributed by atoms with Crippen LogP contribution < -0.4 is 10.2 Å². The van der Waals surface area contributed by atoms with Gasteiger partial charge < -0.3 is 10.2 Å². The lowest BCUT2D eigenvalue weighted by Crippen LogP contribution is -2.49. The zero-order valence-corrected chi connectivity index (χ0v) is 8.64. The first-order chi connectivity index (χ1) is 7.31. The van der Waals surface area contributed by atoms with Gasteiger partial charge in [0, 0.05) is 25.7 Å².